The molecule has 0 fully saturated rings. The first-order chi connectivity index (χ1) is 5.04. The predicted octanol–water partition coefficient (Wildman–Crippen LogP) is 1.92. The van der Waals surface area contributed by atoms with E-state index in [4.69, 9.17) is 11.1 Å². The molecule has 12 heavy (non-hydrogen) atoms. The first-order valence-electron chi connectivity index (χ1n) is 3.86. The van der Waals surface area contributed by atoms with Gasteiger partial charge in [-0.1, -0.05) is 13.8 Å². The van der Waals surface area contributed by atoms with Crippen molar-refractivity contribution in [2.75, 3.05) is 6.54 Å². The molecule has 0 aromatic heterocycles. The Morgan fingerprint density at radius 2 is 2.08 bits per heavy atom. The van der Waals surface area contributed by atoms with Crippen LogP contribution in [0.5, 0.6) is 0 Å². The molecule has 0 aromatic carbocycles. The predicted molar refractivity (Wildman–Crippen MR) is 54.3 cm³/mol. The summed E-state index contributed by atoms with van der Waals surface area (Å²) >= 11 is 0. The lowest BCUT2D eigenvalue weighted by Gasteiger charge is -2.27. The highest BCUT2D eigenvalue weighted by molar-refractivity contribution is 5.85. The molecule has 1 atom stereocenters. The molecule has 0 saturated heterocycles. The molecule has 3 nitrogen and oxygen atoms in total. The first-order valence-corrected chi connectivity index (χ1v) is 3.86. The Morgan fingerprint density at radius 3 is 2.42 bits per heavy atom. The van der Waals surface area contributed by atoms with Gasteiger partial charge in [-0.15, -0.1) is 12.4 Å². The Balaban J connectivity index is 0. The van der Waals surface area contributed by atoms with Gasteiger partial charge >= 0.3 is 0 Å². The minimum absolute atomic E-state index is 0. The van der Waals surface area contributed by atoms with Crippen LogP contribution >= 0.6 is 12.4 Å². The Morgan fingerprint density at radius 1 is 1.58 bits per heavy atom. The molecule has 72 valence electrons. The van der Waals surface area contributed by atoms with Crippen LogP contribution in [0, 0.1) is 10.8 Å². The normalized spacial score (nSPS) is 12.7. The van der Waals surface area contributed by atoms with Crippen LogP contribution in [0.25, 0.3) is 0 Å². The fourth-order valence-corrected chi connectivity index (χ4v) is 0.852. The molecule has 0 rings (SSSR count). The van der Waals surface area contributed by atoms with Crippen molar-refractivity contribution >= 4 is 18.4 Å². The molecule has 0 spiro atoms. The van der Waals surface area contributed by atoms with E-state index in [0.717, 1.165) is 6.42 Å². The van der Waals surface area contributed by atoms with Crippen molar-refractivity contribution in [3.05, 3.63) is 0 Å². The van der Waals surface area contributed by atoms with Crippen LogP contribution in [0.15, 0.2) is 4.99 Å². The van der Waals surface area contributed by atoms with Gasteiger partial charge in [-0.05, 0) is 25.3 Å². The van der Waals surface area contributed by atoms with Crippen LogP contribution in [0.1, 0.15) is 27.2 Å². The standard InChI is InChI=1S/C8H17N3.ClH/c1-7(11-6-10)8(2,3)4-5-9;/h7,10H,4-5,9H2,1-3H3;1H. The number of nitrogens with zero attached hydrogens (tertiary/aromatic N) is 1. The van der Waals surface area contributed by atoms with E-state index in [9.17, 15) is 0 Å². The van der Waals surface area contributed by atoms with Gasteiger partial charge in [0, 0.05) is 0 Å². The van der Waals surface area contributed by atoms with Gasteiger partial charge in [0.25, 0.3) is 0 Å². The molecule has 1 unspecified atom stereocenters. The lowest BCUT2D eigenvalue weighted by atomic mass is 9.82. The minimum Gasteiger partial charge on any atom is -0.330 e. The molecular formula is C8H18ClN3. The SMILES string of the molecule is CC(N=C=N)C(C)(C)CCN.Cl. The maximum atomic E-state index is 6.70. The first kappa shape index (κ1) is 14.2. The van der Waals surface area contributed by atoms with Gasteiger partial charge < -0.3 is 5.73 Å². The van der Waals surface area contributed by atoms with E-state index in [1.54, 1.807) is 0 Å². The Hall–Kier alpha value is -0.370. The molecule has 0 aromatic rings. The highest BCUT2D eigenvalue weighted by Gasteiger charge is 2.23. The van der Waals surface area contributed by atoms with E-state index in [0.29, 0.717) is 6.54 Å². The molecule has 0 aliphatic rings. The second kappa shape index (κ2) is 6.18. The molecule has 4 heteroatoms. The van der Waals surface area contributed by atoms with E-state index in [1.807, 2.05) is 6.92 Å². The third-order valence-corrected chi connectivity index (χ3v) is 2.18. The summed E-state index contributed by atoms with van der Waals surface area (Å²) in [6.07, 6.45) is 0.930. The number of hydrogen-bond donors (Lipinski definition) is 2. The van der Waals surface area contributed by atoms with Crippen molar-refractivity contribution in [1.29, 1.82) is 5.41 Å². The molecule has 0 bridgehead atoms. The Kier molecular flexibility index (Phi) is 7.30. The minimum atomic E-state index is 0. The fraction of sp³-hybridized carbons (Fsp3) is 0.875. The number of nitrogens with one attached hydrogen (secondary N) is 1. The lowest BCUT2D eigenvalue weighted by Crippen LogP contribution is -2.27. The number of nitrogens with two attached hydrogens (primary N) is 1. The number of hydrogen-bond acceptors (Lipinski definition) is 3. The van der Waals surface area contributed by atoms with Crippen LogP contribution in [0.2, 0.25) is 0 Å². The second-order valence-electron chi connectivity index (χ2n) is 3.44. The molecule has 0 aliphatic heterocycles. The molecule has 0 heterocycles. The Bertz CT molecular complexity index is 162. The van der Waals surface area contributed by atoms with E-state index in [-0.39, 0.29) is 23.9 Å². The van der Waals surface area contributed by atoms with Crippen molar-refractivity contribution in [1.82, 2.24) is 0 Å². The van der Waals surface area contributed by atoms with Gasteiger partial charge in [0.15, 0.2) is 0 Å². The number of halogens is 1. The lowest BCUT2D eigenvalue weighted by molar-refractivity contribution is 0.284. The quantitative estimate of drug-likeness (QED) is 0.656. The molecule has 0 saturated carbocycles. The zero-order valence-electron chi connectivity index (χ0n) is 7.92. The third kappa shape index (κ3) is 4.50. The van der Waals surface area contributed by atoms with Crippen LogP contribution < -0.4 is 5.73 Å². The largest absolute Gasteiger partial charge is 0.330 e. The molecule has 0 aliphatic carbocycles. The van der Waals surface area contributed by atoms with Crippen molar-refractivity contribution in [3.8, 4) is 0 Å². The smallest absolute Gasteiger partial charge is 0.0864 e. The van der Waals surface area contributed by atoms with Gasteiger partial charge in [0.05, 0.1) is 12.1 Å². The van der Waals surface area contributed by atoms with Crippen LogP contribution in [0.4, 0.5) is 0 Å². The summed E-state index contributed by atoms with van der Waals surface area (Å²) in [6.45, 7) is 6.86. The van der Waals surface area contributed by atoms with Crippen LogP contribution in [-0.4, -0.2) is 18.6 Å². The number of aliphatic imine (C=N–C) groups is 1. The van der Waals surface area contributed by atoms with Crippen LogP contribution in [0.3, 0.4) is 0 Å². The summed E-state index contributed by atoms with van der Waals surface area (Å²) < 4.78 is 0. The summed E-state index contributed by atoms with van der Waals surface area (Å²) in [5.74, 6) is 0. The topological polar surface area (TPSA) is 62.2 Å². The van der Waals surface area contributed by atoms with Crippen LogP contribution in [-0.2, 0) is 0 Å². The molecule has 3 N–H and O–H groups in total. The fourth-order valence-electron chi connectivity index (χ4n) is 0.852. The zero-order chi connectivity index (χ0) is 8.91. The molecular weight excluding hydrogens is 174 g/mol. The average Bonchev–Trinajstić information content (AvgIpc) is 1.88. The summed E-state index contributed by atoms with van der Waals surface area (Å²) in [5, 5.41) is 6.70. The van der Waals surface area contributed by atoms with Gasteiger partial charge in [-0.3, -0.25) is 0 Å². The summed E-state index contributed by atoms with van der Waals surface area (Å²) in [4.78, 5) is 3.88. The number of rotatable bonds is 4. The summed E-state index contributed by atoms with van der Waals surface area (Å²) in [7, 11) is 0. The highest BCUT2D eigenvalue weighted by Crippen LogP contribution is 2.26. The van der Waals surface area contributed by atoms with E-state index >= 15 is 0 Å². The third-order valence-electron chi connectivity index (χ3n) is 2.18. The molecule has 0 amide bonds. The monoisotopic (exact) mass is 191 g/mol. The Labute approximate surface area is 80.4 Å². The van der Waals surface area contributed by atoms with Gasteiger partial charge in [-0.2, -0.15) is 0 Å². The maximum Gasteiger partial charge on any atom is 0.0864 e. The van der Waals surface area contributed by atoms with E-state index < -0.39 is 0 Å². The van der Waals surface area contributed by atoms with Crippen molar-refractivity contribution in [3.63, 3.8) is 0 Å². The second-order valence-corrected chi connectivity index (χ2v) is 3.44. The summed E-state index contributed by atoms with van der Waals surface area (Å²) in [5.41, 5.74) is 5.53. The van der Waals surface area contributed by atoms with Crippen molar-refractivity contribution in [2.24, 2.45) is 16.1 Å². The maximum absolute atomic E-state index is 6.70. The van der Waals surface area contributed by atoms with E-state index in [2.05, 4.69) is 24.8 Å². The van der Waals surface area contributed by atoms with Gasteiger partial charge in [-0.25, -0.2) is 10.4 Å². The van der Waals surface area contributed by atoms with Crippen molar-refractivity contribution in [2.45, 2.75) is 33.2 Å². The molecule has 0 radical (unpaired) electrons. The van der Waals surface area contributed by atoms with E-state index in [1.165, 1.54) is 0 Å². The van der Waals surface area contributed by atoms with Gasteiger partial charge in [0.2, 0.25) is 0 Å². The zero-order valence-corrected chi connectivity index (χ0v) is 8.74. The summed E-state index contributed by atoms with van der Waals surface area (Å²) in [6, 6.07) is 2.19. The highest BCUT2D eigenvalue weighted by atomic mass is 35.5. The van der Waals surface area contributed by atoms with Crippen molar-refractivity contribution < 1.29 is 0 Å². The van der Waals surface area contributed by atoms with Gasteiger partial charge in [0.1, 0.15) is 0 Å². The average molecular weight is 192 g/mol.